The highest BCUT2D eigenvalue weighted by atomic mass is 16.5. The van der Waals surface area contributed by atoms with Gasteiger partial charge in [-0.3, -0.25) is 4.79 Å². The fraction of sp³-hybridized carbons (Fsp3) is 0.179. The van der Waals surface area contributed by atoms with Gasteiger partial charge in [0, 0.05) is 12.1 Å². The van der Waals surface area contributed by atoms with E-state index in [9.17, 15) is 4.79 Å². The number of carbonyl (C=O) groups is 1. The van der Waals surface area contributed by atoms with E-state index >= 15 is 0 Å². The van der Waals surface area contributed by atoms with Gasteiger partial charge in [0.15, 0.2) is 11.5 Å². The smallest absolute Gasteiger partial charge is 0.248 e. The first kappa shape index (κ1) is 26.0. The van der Waals surface area contributed by atoms with E-state index in [4.69, 9.17) is 29.4 Å². The predicted molar refractivity (Wildman–Crippen MR) is 143 cm³/mol. The lowest BCUT2D eigenvalue weighted by Gasteiger charge is -2.13. The Morgan fingerprint density at radius 1 is 0.722 bits per heavy atom. The van der Waals surface area contributed by atoms with Crippen LogP contribution in [0.15, 0.2) is 54.6 Å². The average molecular weight is 491 g/mol. The number of amides is 1. The highest BCUT2D eigenvalue weighted by molar-refractivity contribution is 6.03. The molecule has 3 N–H and O–H groups in total. The van der Waals surface area contributed by atoms with Crippen LogP contribution in [0.5, 0.6) is 28.7 Å². The maximum Gasteiger partial charge on any atom is 0.248 e. The summed E-state index contributed by atoms with van der Waals surface area (Å²) < 4.78 is 26.8. The maximum absolute atomic E-state index is 12.7. The first-order chi connectivity index (χ1) is 17.4. The molecule has 1 amide bonds. The second-order valence-corrected chi connectivity index (χ2v) is 7.57. The number of hydrogen-bond acceptors (Lipinski definition) is 7. The fourth-order valence-corrected chi connectivity index (χ4v) is 3.48. The molecular formula is C28H30N2O6. The van der Waals surface area contributed by atoms with Crippen LogP contribution >= 0.6 is 0 Å². The number of nitrogen functional groups attached to an aromatic ring is 1. The fourth-order valence-electron chi connectivity index (χ4n) is 3.48. The zero-order valence-corrected chi connectivity index (χ0v) is 21.0. The zero-order chi connectivity index (χ0) is 26.1. The van der Waals surface area contributed by atoms with Gasteiger partial charge in [-0.2, -0.15) is 0 Å². The van der Waals surface area contributed by atoms with Crippen molar-refractivity contribution in [2.24, 2.45) is 0 Å². The van der Waals surface area contributed by atoms with Gasteiger partial charge in [-0.15, -0.1) is 0 Å². The molecule has 0 saturated carbocycles. The van der Waals surface area contributed by atoms with Gasteiger partial charge in [0.25, 0.3) is 0 Å². The molecule has 0 aliphatic carbocycles. The third-order valence-electron chi connectivity index (χ3n) is 5.35. The molecule has 0 spiro atoms. The minimum Gasteiger partial charge on any atom is -0.497 e. The SMILES string of the molecule is COc1ccc(C=Cc2cc(OC)c(OC)c(OC)c2)c(NC(=O)/C=C/c2ccc(N)c(OC)c2)c1. The van der Waals surface area contributed by atoms with Crippen molar-refractivity contribution in [3.05, 3.63) is 71.3 Å². The number of nitrogens with two attached hydrogens (primary N) is 1. The van der Waals surface area contributed by atoms with E-state index in [1.54, 1.807) is 65.9 Å². The van der Waals surface area contributed by atoms with E-state index in [0.717, 1.165) is 16.7 Å². The summed E-state index contributed by atoms with van der Waals surface area (Å²) in [6.45, 7) is 0. The highest BCUT2D eigenvalue weighted by Gasteiger charge is 2.12. The van der Waals surface area contributed by atoms with Gasteiger partial charge in [0.1, 0.15) is 11.5 Å². The molecular weight excluding hydrogens is 460 g/mol. The minimum atomic E-state index is -0.304. The highest BCUT2D eigenvalue weighted by Crippen LogP contribution is 2.38. The Hall–Kier alpha value is -4.59. The zero-order valence-electron chi connectivity index (χ0n) is 21.0. The number of benzene rings is 3. The largest absolute Gasteiger partial charge is 0.497 e. The quantitative estimate of drug-likeness (QED) is 0.231. The molecule has 0 atom stereocenters. The lowest BCUT2D eigenvalue weighted by atomic mass is 10.1. The second-order valence-electron chi connectivity index (χ2n) is 7.57. The normalized spacial score (nSPS) is 10.9. The van der Waals surface area contributed by atoms with Gasteiger partial charge in [0.2, 0.25) is 11.7 Å². The van der Waals surface area contributed by atoms with E-state index < -0.39 is 0 Å². The third kappa shape index (κ3) is 6.29. The molecule has 0 aromatic heterocycles. The lowest BCUT2D eigenvalue weighted by molar-refractivity contribution is -0.111. The third-order valence-corrected chi connectivity index (χ3v) is 5.35. The summed E-state index contributed by atoms with van der Waals surface area (Å²) in [4.78, 5) is 12.7. The first-order valence-corrected chi connectivity index (χ1v) is 11.0. The second kappa shape index (κ2) is 12.2. The molecule has 0 fully saturated rings. The standard InChI is InChI=1S/C28H30N2O6/c1-32-21-11-10-20(9-6-19-15-25(34-3)28(36-5)26(16-19)35-4)23(17-21)30-27(31)13-8-18-7-12-22(29)24(14-18)33-2/h6-17H,29H2,1-5H3,(H,30,31)/b9-6?,13-8+. The molecule has 3 aromatic rings. The summed E-state index contributed by atoms with van der Waals surface area (Å²) in [6.07, 6.45) is 6.89. The summed E-state index contributed by atoms with van der Waals surface area (Å²) in [6, 6.07) is 14.4. The van der Waals surface area contributed by atoms with Gasteiger partial charge >= 0.3 is 0 Å². The number of ether oxygens (including phenoxy) is 5. The molecule has 0 heterocycles. The van der Waals surface area contributed by atoms with Gasteiger partial charge in [-0.05, 0) is 59.2 Å². The number of carbonyl (C=O) groups excluding carboxylic acids is 1. The van der Waals surface area contributed by atoms with Crippen molar-refractivity contribution in [3.63, 3.8) is 0 Å². The molecule has 0 unspecified atom stereocenters. The van der Waals surface area contributed by atoms with Gasteiger partial charge in [0.05, 0.1) is 46.9 Å². The molecule has 0 aliphatic rings. The molecule has 0 aliphatic heterocycles. The summed E-state index contributed by atoms with van der Waals surface area (Å²) in [5.74, 6) is 2.46. The van der Waals surface area contributed by atoms with Crippen molar-refractivity contribution < 1.29 is 28.5 Å². The molecule has 0 radical (unpaired) electrons. The molecule has 3 aromatic carbocycles. The number of nitrogens with one attached hydrogen (secondary N) is 1. The molecule has 8 heteroatoms. The van der Waals surface area contributed by atoms with Crippen LogP contribution < -0.4 is 34.7 Å². The molecule has 0 bridgehead atoms. The van der Waals surface area contributed by atoms with Crippen LogP contribution in [0.4, 0.5) is 11.4 Å². The number of hydrogen-bond donors (Lipinski definition) is 2. The Labute approximate surface area is 210 Å². The monoisotopic (exact) mass is 490 g/mol. The number of methoxy groups -OCH3 is 5. The van der Waals surface area contributed by atoms with Gasteiger partial charge < -0.3 is 34.7 Å². The summed E-state index contributed by atoms with van der Waals surface area (Å²) in [5, 5.41) is 2.91. The molecule has 8 nitrogen and oxygen atoms in total. The number of anilines is 2. The van der Waals surface area contributed by atoms with Crippen molar-refractivity contribution in [1.82, 2.24) is 0 Å². The van der Waals surface area contributed by atoms with Crippen molar-refractivity contribution in [2.75, 3.05) is 46.6 Å². The Morgan fingerprint density at radius 3 is 2.00 bits per heavy atom. The molecule has 3 rings (SSSR count). The number of rotatable bonds is 10. The van der Waals surface area contributed by atoms with E-state index in [1.807, 2.05) is 36.4 Å². The Bertz CT molecular complexity index is 1260. The lowest BCUT2D eigenvalue weighted by Crippen LogP contribution is -2.09. The Morgan fingerprint density at radius 2 is 1.39 bits per heavy atom. The Balaban J connectivity index is 1.86. The summed E-state index contributed by atoms with van der Waals surface area (Å²) >= 11 is 0. The van der Waals surface area contributed by atoms with Crippen LogP contribution in [0.2, 0.25) is 0 Å². The summed E-state index contributed by atoms with van der Waals surface area (Å²) in [5.41, 5.74) is 9.35. The van der Waals surface area contributed by atoms with Gasteiger partial charge in [-0.1, -0.05) is 18.2 Å². The van der Waals surface area contributed by atoms with E-state index in [0.29, 0.717) is 40.1 Å². The van der Waals surface area contributed by atoms with Crippen molar-refractivity contribution >= 4 is 35.5 Å². The molecule has 188 valence electrons. The van der Waals surface area contributed by atoms with Crippen LogP contribution in [0, 0.1) is 0 Å². The van der Waals surface area contributed by atoms with E-state index in [1.165, 1.54) is 6.08 Å². The average Bonchev–Trinajstić information content (AvgIpc) is 2.90. The summed E-state index contributed by atoms with van der Waals surface area (Å²) in [7, 11) is 7.80. The maximum atomic E-state index is 12.7. The van der Waals surface area contributed by atoms with Crippen molar-refractivity contribution in [3.8, 4) is 28.7 Å². The van der Waals surface area contributed by atoms with Crippen LogP contribution in [-0.2, 0) is 4.79 Å². The van der Waals surface area contributed by atoms with E-state index in [-0.39, 0.29) is 5.91 Å². The van der Waals surface area contributed by atoms with Crippen LogP contribution in [-0.4, -0.2) is 41.5 Å². The van der Waals surface area contributed by atoms with E-state index in [2.05, 4.69) is 5.32 Å². The topological polar surface area (TPSA) is 101 Å². The Kier molecular flexibility index (Phi) is 8.83. The van der Waals surface area contributed by atoms with Crippen LogP contribution in [0.25, 0.3) is 18.2 Å². The first-order valence-electron chi connectivity index (χ1n) is 11.0. The van der Waals surface area contributed by atoms with Crippen LogP contribution in [0.1, 0.15) is 16.7 Å². The predicted octanol–water partition coefficient (Wildman–Crippen LogP) is 5.13. The van der Waals surface area contributed by atoms with Crippen LogP contribution in [0.3, 0.4) is 0 Å². The van der Waals surface area contributed by atoms with Gasteiger partial charge in [-0.25, -0.2) is 0 Å². The van der Waals surface area contributed by atoms with Crippen molar-refractivity contribution in [1.29, 1.82) is 0 Å². The van der Waals surface area contributed by atoms with Crippen molar-refractivity contribution in [2.45, 2.75) is 0 Å². The molecule has 0 saturated heterocycles. The minimum absolute atomic E-state index is 0.304. The molecule has 36 heavy (non-hydrogen) atoms.